The van der Waals surface area contributed by atoms with E-state index in [2.05, 4.69) is 10.2 Å². The average Bonchev–Trinajstić information content (AvgIpc) is 2.75. The van der Waals surface area contributed by atoms with Crippen LogP contribution < -0.4 is 10.1 Å². The molecule has 3 rings (SSSR count). The van der Waals surface area contributed by atoms with E-state index in [-0.39, 0.29) is 17.4 Å². The summed E-state index contributed by atoms with van der Waals surface area (Å²) in [6.07, 6.45) is 0. The Morgan fingerprint density at radius 2 is 1.62 bits per heavy atom. The van der Waals surface area contributed by atoms with Gasteiger partial charge in [-0.3, -0.25) is 14.5 Å². The summed E-state index contributed by atoms with van der Waals surface area (Å²) in [6, 6.07) is 10.1. The number of rotatable bonds is 6. The molecule has 0 spiro atoms. The fourth-order valence-corrected chi connectivity index (χ4v) is 3.16. The molecule has 0 aromatic heterocycles. The molecule has 1 N–H and O–H groups in total. The van der Waals surface area contributed by atoms with Crippen LogP contribution >= 0.6 is 0 Å². The van der Waals surface area contributed by atoms with Crippen molar-refractivity contribution in [3.63, 3.8) is 0 Å². The van der Waals surface area contributed by atoms with Crippen molar-refractivity contribution in [2.45, 2.75) is 0 Å². The fraction of sp³-hybridized carbons (Fsp3) is 0.333. The van der Waals surface area contributed by atoms with Gasteiger partial charge in [-0.05, 0) is 42.5 Å². The van der Waals surface area contributed by atoms with Crippen LogP contribution in [0.15, 0.2) is 42.5 Å². The van der Waals surface area contributed by atoms with Crippen molar-refractivity contribution in [3.8, 4) is 5.75 Å². The number of nitrogens with one attached hydrogen (secondary N) is 1. The monoisotopic (exact) mass is 403 g/mol. The highest BCUT2D eigenvalue weighted by Crippen LogP contribution is 2.13. The maximum Gasteiger partial charge on any atom is 0.254 e. The summed E-state index contributed by atoms with van der Waals surface area (Å²) in [5.74, 6) is -1.77. The van der Waals surface area contributed by atoms with Gasteiger partial charge in [0.15, 0.2) is 11.6 Å². The van der Waals surface area contributed by atoms with E-state index in [4.69, 9.17) is 4.74 Å². The van der Waals surface area contributed by atoms with Crippen LogP contribution in [0.3, 0.4) is 0 Å². The molecule has 0 aliphatic carbocycles. The first-order valence-electron chi connectivity index (χ1n) is 9.37. The summed E-state index contributed by atoms with van der Waals surface area (Å²) in [6.45, 7) is 3.42. The number of hydrogen-bond donors (Lipinski definition) is 1. The molecule has 2 aromatic carbocycles. The molecule has 0 atom stereocenters. The zero-order valence-corrected chi connectivity index (χ0v) is 16.2. The van der Waals surface area contributed by atoms with Crippen molar-refractivity contribution in [2.75, 3.05) is 46.4 Å². The molecular weight excluding hydrogens is 380 g/mol. The number of carbonyl (C=O) groups excluding carboxylic acids is 2. The van der Waals surface area contributed by atoms with E-state index in [1.54, 1.807) is 36.3 Å². The lowest BCUT2D eigenvalue weighted by Gasteiger charge is -2.34. The highest BCUT2D eigenvalue weighted by atomic mass is 19.2. The molecule has 0 bridgehead atoms. The van der Waals surface area contributed by atoms with Crippen LogP contribution in [0, 0.1) is 11.6 Å². The van der Waals surface area contributed by atoms with Gasteiger partial charge in [0, 0.05) is 50.4 Å². The van der Waals surface area contributed by atoms with Gasteiger partial charge < -0.3 is 15.0 Å². The zero-order chi connectivity index (χ0) is 20.8. The second kappa shape index (κ2) is 9.47. The highest BCUT2D eigenvalue weighted by Gasteiger charge is 2.22. The Morgan fingerprint density at radius 3 is 2.24 bits per heavy atom. The minimum Gasteiger partial charge on any atom is -0.497 e. The second-order valence-electron chi connectivity index (χ2n) is 6.75. The van der Waals surface area contributed by atoms with E-state index in [0.717, 1.165) is 12.1 Å². The van der Waals surface area contributed by atoms with Crippen LogP contribution in [0.1, 0.15) is 20.7 Å². The Kier molecular flexibility index (Phi) is 6.77. The normalized spacial score (nSPS) is 14.5. The van der Waals surface area contributed by atoms with Gasteiger partial charge >= 0.3 is 0 Å². The largest absolute Gasteiger partial charge is 0.497 e. The number of carbonyl (C=O) groups is 2. The molecule has 1 aliphatic heterocycles. The first kappa shape index (κ1) is 20.7. The fourth-order valence-electron chi connectivity index (χ4n) is 3.16. The van der Waals surface area contributed by atoms with E-state index >= 15 is 0 Å². The average molecular weight is 403 g/mol. The predicted octanol–water partition coefficient (Wildman–Crippen LogP) is 2.16. The Balaban J connectivity index is 1.42. The van der Waals surface area contributed by atoms with Gasteiger partial charge in [0.1, 0.15) is 5.75 Å². The van der Waals surface area contributed by atoms with Crippen molar-refractivity contribution >= 4 is 11.8 Å². The summed E-state index contributed by atoms with van der Waals surface area (Å²) in [5.41, 5.74) is 0.705. The number of methoxy groups -OCH3 is 1. The first-order valence-corrected chi connectivity index (χ1v) is 9.37. The smallest absolute Gasteiger partial charge is 0.254 e. The van der Waals surface area contributed by atoms with Gasteiger partial charge in [-0.15, -0.1) is 0 Å². The van der Waals surface area contributed by atoms with Crippen LogP contribution in [0.25, 0.3) is 0 Å². The minimum atomic E-state index is -1.03. The summed E-state index contributed by atoms with van der Waals surface area (Å²) >= 11 is 0. The molecule has 8 heteroatoms. The van der Waals surface area contributed by atoms with Crippen LogP contribution in [-0.4, -0.2) is 68.0 Å². The molecule has 29 heavy (non-hydrogen) atoms. The summed E-state index contributed by atoms with van der Waals surface area (Å²) in [7, 11) is 1.57. The Bertz CT molecular complexity index is 866. The molecule has 0 radical (unpaired) electrons. The Hall–Kier alpha value is -3.00. The van der Waals surface area contributed by atoms with Crippen molar-refractivity contribution in [3.05, 3.63) is 65.2 Å². The molecule has 154 valence electrons. The van der Waals surface area contributed by atoms with E-state index in [9.17, 15) is 18.4 Å². The third kappa shape index (κ3) is 5.29. The van der Waals surface area contributed by atoms with Gasteiger partial charge in [0.05, 0.1) is 7.11 Å². The lowest BCUT2D eigenvalue weighted by atomic mass is 10.1. The number of hydrogen-bond acceptors (Lipinski definition) is 4. The number of halogens is 2. The lowest BCUT2D eigenvalue weighted by Crippen LogP contribution is -2.50. The SMILES string of the molecule is COc1ccc(C(=O)NCCN2CCN(C(=O)c3ccc(F)c(F)c3)CC2)cc1. The highest BCUT2D eigenvalue weighted by molar-refractivity contribution is 5.94. The van der Waals surface area contributed by atoms with Crippen molar-refractivity contribution in [1.29, 1.82) is 0 Å². The van der Waals surface area contributed by atoms with Gasteiger partial charge in [-0.2, -0.15) is 0 Å². The quantitative estimate of drug-likeness (QED) is 0.803. The number of nitrogens with zero attached hydrogens (tertiary/aromatic N) is 2. The number of piperazine rings is 1. The van der Waals surface area contributed by atoms with E-state index in [1.807, 2.05) is 0 Å². The maximum atomic E-state index is 13.3. The summed E-state index contributed by atoms with van der Waals surface area (Å²) < 4.78 is 31.4. The third-order valence-corrected chi connectivity index (χ3v) is 4.89. The molecule has 1 saturated heterocycles. The predicted molar refractivity (Wildman–Crippen MR) is 104 cm³/mol. The van der Waals surface area contributed by atoms with Gasteiger partial charge in [-0.1, -0.05) is 0 Å². The molecule has 0 unspecified atom stereocenters. The van der Waals surface area contributed by atoms with Crippen molar-refractivity contribution in [1.82, 2.24) is 15.1 Å². The summed E-state index contributed by atoms with van der Waals surface area (Å²) in [4.78, 5) is 28.3. The van der Waals surface area contributed by atoms with E-state index in [0.29, 0.717) is 50.6 Å². The number of amides is 2. The lowest BCUT2D eigenvalue weighted by molar-refractivity contribution is 0.0637. The topological polar surface area (TPSA) is 61.9 Å². The standard InChI is InChI=1S/C21H23F2N3O3/c1-29-17-5-2-15(3-6-17)20(27)24-8-9-25-10-12-26(13-11-25)21(28)16-4-7-18(22)19(23)14-16/h2-7,14H,8-13H2,1H3,(H,24,27). The molecule has 1 aliphatic rings. The summed E-state index contributed by atoms with van der Waals surface area (Å²) in [5, 5.41) is 2.88. The van der Waals surface area contributed by atoms with Crippen molar-refractivity contribution < 1.29 is 23.1 Å². The zero-order valence-electron chi connectivity index (χ0n) is 16.2. The molecule has 6 nitrogen and oxygen atoms in total. The minimum absolute atomic E-state index is 0.143. The number of benzene rings is 2. The molecule has 2 aromatic rings. The van der Waals surface area contributed by atoms with Gasteiger partial charge in [0.2, 0.25) is 0 Å². The molecule has 1 heterocycles. The van der Waals surface area contributed by atoms with Crippen LogP contribution in [0.4, 0.5) is 8.78 Å². The second-order valence-corrected chi connectivity index (χ2v) is 6.75. The Labute approximate surface area is 168 Å². The molecule has 2 amide bonds. The van der Waals surface area contributed by atoms with Crippen LogP contribution in [0.5, 0.6) is 5.75 Å². The Morgan fingerprint density at radius 1 is 0.966 bits per heavy atom. The molecule has 1 fully saturated rings. The maximum absolute atomic E-state index is 13.3. The number of ether oxygens (including phenoxy) is 1. The van der Waals surface area contributed by atoms with Crippen LogP contribution in [0.2, 0.25) is 0 Å². The molecular formula is C21H23F2N3O3. The van der Waals surface area contributed by atoms with Gasteiger partial charge in [-0.25, -0.2) is 8.78 Å². The van der Waals surface area contributed by atoms with Gasteiger partial charge in [0.25, 0.3) is 11.8 Å². The van der Waals surface area contributed by atoms with E-state index < -0.39 is 11.6 Å². The third-order valence-electron chi connectivity index (χ3n) is 4.89. The van der Waals surface area contributed by atoms with Crippen LogP contribution in [-0.2, 0) is 0 Å². The van der Waals surface area contributed by atoms with Crippen molar-refractivity contribution in [2.24, 2.45) is 0 Å². The molecule has 0 saturated carbocycles. The van der Waals surface area contributed by atoms with E-state index in [1.165, 1.54) is 6.07 Å². The first-order chi connectivity index (χ1) is 14.0.